The van der Waals surface area contributed by atoms with Gasteiger partial charge in [-0.3, -0.25) is 0 Å². The standard InChI is InChI=1S/C14H20BrNO2/c1-10-11(5-6-18-10)8-16-9-12-7-13(17-2)3-4-14(12)15/h3-4,7,10-11,16H,5-6,8-9H2,1-2H3. The van der Waals surface area contributed by atoms with E-state index in [1.165, 1.54) is 5.56 Å². The zero-order chi connectivity index (χ0) is 13.0. The van der Waals surface area contributed by atoms with Gasteiger partial charge < -0.3 is 14.8 Å². The van der Waals surface area contributed by atoms with Crippen molar-refractivity contribution < 1.29 is 9.47 Å². The maximum Gasteiger partial charge on any atom is 0.119 e. The van der Waals surface area contributed by atoms with E-state index in [0.717, 1.165) is 36.3 Å². The van der Waals surface area contributed by atoms with Crippen molar-refractivity contribution >= 4 is 15.9 Å². The van der Waals surface area contributed by atoms with Crippen LogP contribution in [0.4, 0.5) is 0 Å². The van der Waals surface area contributed by atoms with E-state index < -0.39 is 0 Å². The average molecular weight is 314 g/mol. The lowest BCUT2D eigenvalue weighted by molar-refractivity contribution is 0.105. The summed E-state index contributed by atoms with van der Waals surface area (Å²) in [4.78, 5) is 0. The van der Waals surface area contributed by atoms with Gasteiger partial charge in [-0.25, -0.2) is 0 Å². The zero-order valence-electron chi connectivity index (χ0n) is 10.9. The molecule has 0 spiro atoms. The molecule has 100 valence electrons. The van der Waals surface area contributed by atoms with Crippen molar-refractivity contribution in [2.24, 2.45) is 5.92 Å². The summed E-state index contributed by atoms with van der Waals surface area (Å²) in [7, 11) is 1.69. The Bertz CT molecular complexity index is 397. The van der Waals surface area contributed by atoms with Crippen molar-refractivity contribution in [3.05, 3.63) is 28.2 Å². The van der Waals surface area contributed by atoms with Gasteiger partial charge in [0.05, 0.1) is 13.2 Å². The molecule has 1 aromatic carbocycles. The highest BCUT2D eigenvalue weighted by atomic mass is 79.9. The van der Waals surface area contributed by atoms with Crippen LogP contribution in [-0.4, -0.2) is 26.4 Å². The molecule has 4 heteroatoms. The molecule has 2 atom stereocenters. The summed E-state index contributed by atoms with van der Waals surface area (Å²) in [6.07, 6.45) is 1.54. The molecule has 1 aromatic rings. The van der Waals surface area contributed by atoms with Crippen LogP contribution in [0.25, 0.3) is 0 Å². The fourth-order valence-electron chi connectivity index (χ4n) is 2.25. The van der Waals surface area contributed by atoms with E-state index >= 15 is 0 Å². The molecular weight excluding hydrogens is 294 g/mol. The molecule has 0 bridgehead atoms. The summed E-state index contributed by atoms with van der Waals surface area (Å²) < 4.78 is 11.9. The highest BCUT2D eigenvalue weighted by Crippen LogP contribution is 2.23. The Hall–Kier alpha value is -0.580. The van der Waals surface area contributed by atoms with Crippen LogP contribution in [0.5, 0.6) is 5.75 Å². The van der Waals surface area contributed by atoms with Crippen LogP contribution >= 0.6 is 15.9 Å². The second kappa shape index (κ2) is 6.55. The second-order valence-electron chi connectivity index (χ2n) is 4.71. The van der Waals surface area contributed by atoms with Crippen LogP contribution in [0.15, 0.2) is 22.7 Å². The lowest BCUT2D eigenvalue weighted by atomic mass is 10.0. The Labute approximate surface area is 117 Å². The first-order valence-corrected chi connectivity index (χ1v) is 7.14. The van der Waals surface area contributed by atoms with Gasteiger partial charge >= 0.3 is 0 Å². The minimum Gasteiger partial charge on any atom is -0.497 e. The van der Waals surface area contributed by atoms with Crippen LogP contribution in [-0.2, 0) is 11.3 Å². The molecule has 0 amide bonds. The van der Waals surface area contributed by atoms with E-state index in [1.807, 2.05) is 12.1 Å². The molecule has 1 aliphatic heterocycles. The Kier molecular flexibility index (Phi) is 5.03. The van der Waals surface area contributed by atoms with Crippen LogP contribution < -0.4 is 10.1 Å². The van der Waals surface area contributed by atoms with E-state index in [0.29, 0.717) is 12.0 Å². The van der Waals surface area contributed by atoms with Gasteiger partial charge in [0.25, 0.3) is 0 Å². The van der Waals surface area contributed by atoms with Crippen LogP contribution in [0.3, 0.4) is 0 Å². The smallest absolute Gasteiger partial charge is 0.119 e. The Morgan fingerprint density at radius 3 is 3.00 bits per heavy atom. The predicted octanol–water partition coefficient (Wildman–Crippen LogP) is 2.97. The van der Waals surface area contributed by atoms with Crippen molar-refractivity contribution in [1.29, 1.82) is 0 Å². The molecule has 2 rings (SSSR count). The highest BCUT2D eigenvalue weighted by Gasteiger charge is 2.23. The Morgan fingerprint density at radius 1 is 1.50 bits per heavy atom. The van der Waals surface area contributed by atoms with Crippen LogP contribution in [0.1, 0.15) is 18.9 Å². The van der Waals surface area contributed by atoms with Gasteiger partial charge in [-0.2, -0.15) is 0 Å². The number of benzene rings is 1. The van der Waals surface area contributed by atoms with E-state index in [2.05, 4.69) is 34.2 Å². The third-order valence-corrected chi connectivity index (χ3v) is 4.28. The van der Waals surface area contributed by atoms with Gasteiger partial charge in [0.15, 0.2) is 0 Å². The van der Waals surface area contributed by atoms with Crippen molar-refractivity contribution in [2.75, 3.05) is 20.3 Å². The number of hydrogen-bond acceptors (Lipinski definition) is 3. The van der Waals surface area contributed by atoms with E-state index in [1.54, 1.807) is 7.11 Å². The third-order valence-electron chi connectivity index (χ3n) is 3.51. The molecule has 18 heavy (non-hydrogen) atoms. The molecule has 1 aliphatic rings. The Morgan fingerprint density at radius 2 is 2.33 bits per heavy atom. The minimum absolute atomic E-state index is 0.381. The van der Waals surface area contributed by atoms with Crippen molar-refractivity contribution in [1.82, 2.24) is 5.32 Å². The van der Waals surface area contributed by atoms with Gasteiger partial charge in [-0.1, -0.05) is 15.9 Å². The van der Waals surface area contributed by atoms with Crippen molar-refractivity contribution in [3.63, 3.8) is 0 Å². The summed E-state index contributed by atoms with van der Waals surface area (Å²) in [6.45, 7) is 4.91. The first-order chi connectivity index (χ1) is 8.70. The predicted molar refractivity (Wildman–Crippen MR) is 75.9 cm³/mol. The van der Waals surface area contributed by atoms with Crippen molar-refractivity contribution in [2.45, 2.75) is 26.0 Å². The topological polar surface area (TPSA) is 30.5 Å². The molecule has 0 aliphatic carbocycles. The van der Waals surface area contributed by atoms with Crippen LogP contribution in [0.2, 0.25) is 0 Å². The molecule has 3 nitrogen and oxygen atoms in total. The van der Waals surface area contributed by atoms with Crippen LogP contribution in [0, 0.1) is 5.92 Å². The molecule has 1 saturated heterocycles. The molecule has 2 unspecified atom stereocenters. The van der Waals surface area contributed by atoms with Crippen molar-refractivity contribution in [3.8, 4) is 5.75 Å². The first-order valence-electron chi connectivity index (χ1n) is 6.35. The van der Waals surface area contributed by atoms with Gasteiger partial charge in [0.1, 0.15) is 5.75 Å². The van der Waals surface area contributed by atoms with E-state index in [-0.39, 0.29) is 0 Å². The zero-order valence-corrected chi connectivity index (χ0v) is 12.5. The number of nitrogens with one attached hydrogen (secondary N) is 1. The number of hydrogen-bond donors (Lipinski definition) is 1. The minimum atomic E-state index is 0.381. The maximum atomic E-state index is 5.56. The quantitative estimate of drug-likeness (QED) is 0.906. The average Bonchev–Trinajstić information content (AvgIpc) is 2.77. The summed E-state index contributed by atoms with van der Waals surface area (Å²) in [5.74, 6) is 1.53. The number of ether oxygens (including phenoxy) is 2. The maximum absolute atomic E-state index is 5.56. The Balaban J connectivity index is 1.86. The normalized spacial score (nSPS) is 23.3. The molecule has 1 heterocycles. The largest absolute Gasteiger partial charge is 0.497 e. The fourth-order valence-corrected chi connectivity index (χ4v) is 2.64. The number of halogens is 1. The second-order valence-corrected chi connectivity index (χ2v) is 5.57. The lowest BCUT2D eigenvalue weighted by Gasteiger charge is -2.15. The number of rotatable bonds is 5. The van der Waals surface area contributed by atoms with Gasteiger partial charge in [0.2, 0.25) is 0 Å². The third kappa shape index (κ3) is 3.46. The van der Waals surface area contributed by atoms with Gasteiger partial charge in [-0.05, 0) is 43.0 Å². The molecule has 0 saturated carbocycles. The SMILES string of the molecule is COc1ccc(Br)c(CNCC2CCOC2C)c1. The monoisotopic (exact) mass is 313 g/mol. The molecule has 0 radical (unpaired) electrons. The molecule has 1 N–H and O–H groups in total. The highest BCUT2D eigenvalue weighted by molar-refractivity contribution is 9.10. The lowest BCUT2D eigenvalue weighted by Crippen LogP contribution is -2.26. The van der Waals surface area contributed by atoms with E-state index in [4.69, 9.17) is 9.47 Å². The molecule has 0 aromatic heterocycles. The molecule has 1 fully saturated rings. The summed E-state index contributed by atoms with van der Waals surface area (Å²) in [5, 5.41) is 3.50. The van der Waals surface area contributed by atoms with Gasteiger partial charge in [0, 0.05) is 24.2 Å². The summed E-state index contributed by atoms with van der Waals surface area (Å²) in [5.41, 5.74) is 1.22. The summed E-state index contributed by atoms with van der Waals surface area (Å²) in [6, 6.07) is 6.04. The molecular formula is C14H20BrNO2. The first kappa shape index (κ1) is 13.8. The number of methoxy groups -OCH3 is 1. The van der Waals surface area contributed by atoms with E-state index in [9.17, 15) is 0 Å². The fraction of sp³-hybridized carbons (Fsp3) is 0.571. The van der Waals surface area contributed by atoms with Gasteiger partial charge in [-0.15, -0.1) is 0 Å². The summed E-state index contributed by atoms with van der Waals surface area (Å²) >= 11 is 3.56.